The second-order valence-corrected chi connectivity index (χ2v) is 5.95. The molecule has 4 atom stereocenters. The van der Waals surface area contributed by atoms with Gasteiger partial charge >= 0.3 is 0 Å². The second kappa shape index (κ2) is 5.91. The number of ether oxygens (including phenoxy) is 1. The van der Waals surface area contributed by atoms with Gasteiger partial charge in [-0.15, -0.1) is 0 Å². The van der Waals surface area contributed by atoms with Crippen LogP contribution in [-0.4, -0.2) is 6.10 Å². The minimum absolute atomic E-state index is 0.112. The lowest BCUT2D eigenvalue weighted by Crippen LogP contribution is -2.29. The number of benzene rings is 1. The summed E-state index contributed by atoms with van der Waals surface area (Å²) in [5.74, 6) is 1.41. The average molecular weight is 265 g/mol. The third-order valence-electron chi connectivity index (χ3n) is 4.32. The average Bonchev–Trinajstić information content (AvgIpc) is 2.36. The Morgan fingerprint density at radius 1 is 1.26 bits per heavy atom. The standard InChI is InChI=1S/C16H24FNO/c1-10-7-8-13(9-11(10)2)19-16-14(12(3)18)5-4-6-15(16)17/h4-6,10-13H,7-9,18H2,1-3H3. The fourth-order valence-electron chi connectivity index (χ4n) is 2.78. The van der Waals surface area contributed by atoms with Crippen LogP contribution in [0.15, 0.2) is 18.2 Å². The molecule has 2 N–H and O–H groups in total. The van der Waals surface area contributed by atoms with Crippen molar-refractivity contribution in [1.82, 2.24) is 0 Å². The first-order valence-electron chi connectivity index (χ1n) is 7.19. The second-order valence-electron chi connectivity index (χ2n) is 5.95. The first-order chi connectivity index (χ1) is 8.99. The van der Waals surface area contributed by atoms with Crippen molar-refractivity contribution < 1.29 is 9.13 Å². The molecule has 0 aliphatic heterocycles. The normalized spacial score (nSPS) is 29.0. The van der Waals surface area contributed by atoms with E-state index in [9.17, 15) is 4.39 Å². The van der Waals surface area contributed by atoms with Gasteiger partial charge in [0.05, 0.1) is 6.10 Å². The quantitative estimate of drug-likeness (QED) is 0.895. The van der Waals surface area contributed by atoms with Gasteiger partial charge in [-0.25, -0.2) is 4.39 Å². The smallest absolute Gasteiger partial charge is 0.165 e. The highest BCUT2D eigenvalue weighted by molar-refractivity contribution is 5.37. The van der Waals surface area contributed by atoms with Gasteiger partial charge in [-0.1, -0.05) is 26.0 Å². The molecule has 19 heavy (non-hydrogen) atoms. The van der Waals surface area contributed by atoms with Gasteiger partial charge in [0.2, 0.25) is 0 Å². The minimum Gasteiger partial charge on any atom is -0.487 e. The molecule has 1 fully saturated rings. The predicted octanol–water partition coefficient (Wildman–Crippen LogP) is 4.05. The Hall–Kier alpha value is -1.09. The predicted molar refractivity (Wildman–Crippen MR) is 75.6 cm³/mol. The molecule has 1 aromatic rings. The van der Waals surface area contributed by atoms with E-state index in [4.69, 9.17) is 10.5 Å². The van der Waals surface area contributed by atoms with Crippen LogP contribution in [0.25, 0.3) is 0 Å². The lowest BCUT2D eigenvalue weighted by molar-refractivity contribution is 0.0955. The van der Waals surface area contributed by atoms with E-state index in [2.05, 4.69) is 13.8 Å². The highest BCUT2D eigenvalue weighted by Crippen LogP contribution is 2.34. The van der Waals surface area contributed by atoms with Crippen molar-refractivity contribution in [2.45, 2.75) is 52.2 Å². The molecule has 4 unspecified atom stereocenters. The largest absolute Gasteiger partial charge is 0.487 e. The molecule has 2 nitrogen and oxygen atoms in total. The van der Waals surface area contributed by atoms with Gasteiger partial charge in [0.25, 0.3) is 0 Å². The zero-order valence-electron chi connectivity index (χ0n) is 12.0. The Bertz CT molecular complexity index is 433. The molecule has 0 radical (unpaired) electrons. The maximum atomic E-state index is 14.0. The van der Waals surface area contributed by atoms with Crippen molar-refractivity contribution in [3.63, 3.8) is 0 Å². The molecule has 106 valence electrons. The Morgan fingerprint density at radius 3 is 2.63 bits per heavy atom. The van der Waals surface area contributed by atoms with Gasteiger partial charge in [-0.3, -0.25) is 0 Å². The van der Waals surface area contributed by atoms with Crippen molar-refractivity contribution in [3.05, 3.63) is 29.6 Å². The number of halogens is 1. The maximum absolute atomic E-state index is 14.0. The Labute approximate surface area is 115 Å². The van der Waals surface area contributed by atoms with Crippen molar-refractivity contribution in [1.29, 1.82) is 0 Å². The Kier molecular flexibility index (Phi) is 4.46. The SMILES string of the molecule is CC(N)c1cccc(F)c1OC1CCC(C)C(C)C1. The molecule has 1 aliphatic carbocycles. The van der Waals surface area contributed by atoms with Crippen molar-refractivity contribution in [2.75, 3.05) is 0 Å². The van der Waals surface area contributed by atoms with E-state index in [1.54, 1.807) is 6.07 Å². The zero-order chi connectivity index (χ0) is 14.0. The topological polar surface area (TPSA) is 35.2 Å². The van der Waals surface area contributed by atoms with Crippen LogP contribution >= 0.6 is 0 Å². The third-order valence-corrected chi connectivity index (χ3v) is 4.32. The van der Waals surface area contributed by atoms with E-state index < -0.39 is 0 Å². The summed E-state index contributed by atoms with van der Waals surface area (Å²) in [6.45, 7) is 6.37. The van der Waals surface area contributed by atoms with Crippen LogP contribution in [0.3, 0.4) is 0 Å². The molecular weight excluding hydrogens is 241 g/mol. The lowest BCUT2D eigenvalue weighted by atomic mass is 9.80. The summed E-state index contributed by atoms with van der Waals surface area (Å²) in [4.78, 5) is 0. The first kappa shape index (κ1) is 14.3. The summed E-state index contributed by atoms with van der Waals surface area (Å²) in [6.07, 6.45) is 3.25. The fraction of sp³-hybridized carbons (Fsp3) is 0.625. The van der Waals surface area contributed by atoms with Crippen LogP contribution < -0.4 is 10.5 Å². The van der Waals surface area contributed by atoms with Gasteiger partial charge in [-0.2, -0.15) is 0 Å². The van der Waals surface area contributed by atoms with E-state index >= 15 is 0 Å². The zero-order valence-corrected chi connectivity index (χ0v) is 12.0. The van der Waals surface area contributed by atoms with Gasteiger partial charge in [-0.05, 0) is 44.1 Å². The molecule has 0 amide bonds. The fourth-order valence-corrected chi connectivity index (χ4v) is 2.78. The Morgan fingerprint density at radius 2 is 2.00 bits per heavy atom. The summed E-state index contributed by atoms with van der Waals surface area (Å²) in [7, 11) is 0. The summed E-state index contributed by atoms with van der Waals surface area (Å²) in [6, 6.07) is 4.76. The monoisotopic (exact) mass is 265 g/mol. The third kappa shape index (κ3) is 3.27. The van der Waals surface area contributed by atoms with Crippen LogP contribution in [-0.2, 0) is 0 Å². The van der Waals surface area contributed by atoms with Crippen molar-refractivity contribution in [3.8, 4) is 5.75 Å². The number of rotatable bonds is 3. The molecule has 3 heteroatoms. The minimum atomic E-state index is -0.305. The number of nitrogens with two attached hydrogens (primary N) is 1. The van der Waals surface area contributed by atoms with Gasteiger partial charge in [0.15, 0.2) is 11.6 Å². The molecule has 1 saturated carbocycles. The molecule has 0 saturated heterocycles. The molecule has 0 spiro atoms. The van der Waals surface area contributed by atoms with Crippen LogP contribution in [0.1, 0.15) is 51.6 Å². The van der Waals surface area contributed by atoms with Crippen LogP contribution in [0.5, 0.6) is 5.75 Å². The molecule has 2 rings (SSSR count). The maximum Gasteiger partial charge on any atom is 0.165 e. The molecule has 0 aromatic heterocycles. The number of para-hydroxylation sites is 1. The van der Waals surface area contributed by atoms with Crippen molar-refractivity contribution >= 4 is 0 Å². The highest BCUT2D eigenvalue weighted by Gasteiger charge is 2.27. The van der Waals surface area contributed by atoms with E-state index in [0.717, 1.165) is 30.7 Å². The van der Waals surface area contributed by atoms with Gasteiger partial charge in [0, 0.05) is 11.6 Å². The first-order valence-corrected chi connectivity index (χ1v) is 7.19. The Balaban J connectivity index is 2.15. The summed E-state index contributed by atoms with van der Waals surface area (Å²) < 4.78 is 19.9. The molecule has 0 bridgehead atoms. The van der Waals surface area contributed by atoms with Crippen molar-refractivity contribution in [2.24, 2.45) is 17.6 Å². The summed E-state index contributed by atoms with van der Waals surface area (Å²) in [5, 5.41) is 0. The van der Waals surface area contributed by atoms with E-state index in [1.807, 2.05) is 13.0 Å². The van der Waals surface area contributed by atoms with Crippen LogP contribution in [0, 0.1) is 17.7 Å². The summed E-state index contributed by atoms with van der Waals surface area (Å²) in [5.41, 5.74) is 6.65. The summed E-state index contributed by atoms with van der Waals surface area (Å²) >= 11 is 0. The van der Waals surface area contributed by atoms with E-state index in [1.165, 1.54) is 6.07 Å². The van der Waals surface area contributed by atoms with E-state index in [-0.39, 0.29) is 18.0 Å². The lowest BCUT2D eigenvalue weighted by Gasteiger charge is -2.33. The number of hydrogen-bond donors (Lipinski definition) is 1. The molecular formula is C16H24FNO. The molecule has 1 aromatic carbocycles. The van der Waals surface area contributed by atoms with Crippen LogP contribution in [0.2, 0.25) is 0 Å². The van der Waals surface area contributed by atoms with Gasteiger partial charge in [0.1, 0.15) is 0 Å². The van der Waals surface area contributed by atoms with Gasteiger partial charge < -0.3 is 10.5 Å². The van der Waals surface area contributed by atoms with E-state index in [0.29, 0.717) is 11.7 Å². The number of hydrogen-bond acceptors (Lipinski definition) is 2. The molecule has 1 aliphatic rings. The van der Waals surface area contributed by atoms with Crippen LogP contribution in [0.4, 0.5) is 4.39 Å². The molecule has 0 heterocycles. The highest BCUT2D eigenvalue weighted by atomic mass is 19.1.